The zero-order valence-corrected chi connectivity index (χ0v) is 14.6. The van der Waals surface area contributed by atoms with Crippen molar-refractivity contribution in [2.24, 2.45) is 11.8 Å². The molecule has 1 aliphatic carbocycles. The molecule has 3 aliphatic rings. The molecule has 0 radical (unpaired) electrons. The molecule has 0 saturated carbocycles. The van der Waals surface area contributed by atoms with Crippen LogP contribution in [0.15, 0.2) is 0 Å². The predicted octanol–water partition coefficient (Wildman–Crippen LogP) is 0.991. The van der Waals surface area contributed by atoms with Crippen molar-refractivity contribution in [1.82, 2.24) is 14.3 Å². The maximum Gasteiger partial charge on any atom is 0.213 e. The Morgan fingerprint density at radius 2 is 1.78 bits per heavy atom. The van der Waals surface area contributed by atoms with Crippen molar-refractivity contribution < 1.29 is 8.42 Å². The van der Waals surface area contributed by atoms with E-state index in [1.165, 1.54) is 17.7 Å². The van der Waals surface area contributed by atoms with Crippen molar-refractivity contribution in [3.63, 3.8) is 0 Å². The predicted molar refractivity (Wildman–Crippen MR) is 89.0 cm³/mol. The minimum atomic E-state index is -3.05. The average Bonchev–Trinajstić information content (AvgIpc) is 3.19. The van der Waals surface area contributed by atoms with Crippen molar-refractivity contribution in [3.8, 4) is 0 Å². The van der Waals surface area contributed by atoms with E-state index in [1.54, 1.807) is 11.2 Å². The van der Waals surface area contributed by atoms with E-state index in [9.17, 15) is 8.42 Å². The Balaban J connectivity index is 1.54. The maximum atomic E-state index is 12.1. The lowest BCUT2D eigenvalue weighted by atomic mass is 10.0. The van der Waals surface area contributed by atoms with Crippen LogP contribution in [0.5, 0.6) is 0 Å². The van der Waals surface area contributed by atoms with E-state index in [2.05, 4.69) is 9.88 Å². The van der Waals surface area contributed by atoms with Gasteiger partial charge < -0.3 is 4.90 Å². The second-order valence-corrected chi connectivity index (χ2v) is 9.27. The molecule has 7 heteroatoms. The number of hydrogen-bond acceptors (Lipinski definition) is 5. The first kappa shape index (κ1) is 15.3. The fourth-order valence-electron chi connectivity index (χ4n) is 4.33. The van der Waals surface area contributed by atoms with Gasteiger partial charge >= 0.3 is 0 Å². The van der Waals surface area contributed by atoms with Crippen molar-refractivity contribution in [2.45, 2.75) is 33.1 Å². The second-order valence-electron chi connectivity index (χ2n) is 7.02. The zero-order chi connectivity index (χ0) is 16.2. The molecule has 0 amide bonds. The number of fused-ring (bicyclic) bond motifs is 2. The van der Waals surface area contributed by atoms with Crippen LogP contribution in [-0.2, 0) is 22.9 Å². The number of hydrogen-bond donors (Lipinski definition) is 0. The van der Waals surface area contributed by atoms with Gasteiger partial charge in [0.25, 0.3) is 0 Å². The standard InChI is InChI=1S/C16H24N4O2S/c1-3-23(21,22)20-9-12-7-19(8-13(12)10-20)16-14-5-4-6-15(14)17-11(2)18-16/h12-13H,3-10H2,1-2H3. The first-order valence-corrected chi connectivity index (χ1v) is 10.2. The number of aromatic nitrogens is 2. The van der Waals surface area contributed by atoms with Crippen LogP contribution in [0.4, 0.5) is 5.82 Å². The molecule has 1 aromatic rings. The molecular formula is C16H24N4O2S. The smallest absolute Gasteiger partial charge is 0.213 e. The SMILES string of the molecule is CCS(=O)(=O)N1CC2CN(c3nc(C)nc4c3CCC4)CC2C1. The molecule has 2 fully saturated rings. The summed E-state index contributed by atoms with van der Waals surface area (Å²) >= 11 is 0. The molecule has 6 nitrogen and oxygen atoms in total. The molecule has 2 aliphatic heterocycles. The Morgan fingerprint density at radius 1 is 1.09 bits per heavy atom. The summed E-state index contributed by atoms with van der Waals surface area (Å²) in [4.78, 5) is 11.7. The Bertz CT molecular complexity index is 720. The maximum absolute atomic E-state index is 12.1. The third-order valence-electron chi connectivity index (χ3n) is 5.53. The van der Waals surface area contributed by atoms with Gasteiger partial charge in [0.2, 0.25) is 10.0 Å². The fourth-order valence-corrected chi connectivity index (χ4v) is 5.53. The van der Waals surface area contributed by atoms with Crippen molar-refractivity contribution in [1.29, 1.82) is 0 Å². The summed E-state index contributed by atoms with van der Waals surface area (Å²) in [7, 11) is -3.05. The Morgan fingerprint density at radius 3 is 2.43 bits per heavy atom. The molecule has 126 valence electrons. The van der Waals surface area contributed by atoms with Gasteiger partial charge in [-0.2, -0.15) is 0 Å². The lowest BCUT2D eigenvalue weighted by Gasteiger charge is -2.24. The van der Waals surface area contributed by atoms with Gasteiger partial charge in [-0.1, -0.05) is 0 Å². The summed E-state index contributed by atoms with van der Waals surface area (Å²) in [6.45, 7) is 6.87. The first-order valence-electron chi connectivity index (χ1n) is 8.57. The van der Waals surface area contributed by atoms with Crippen molar-refractivity contribution >= 4 is 15.8 Å². The van der Waals surface area contributed by atoms with E-state index in [0.29, 0.717) is 24.9 Å². The summed E-state index contributed by atoms with van der Waals surface area (Å²) < 4.78 is 25.8. The average molecular weight is 336 g/mol. The highest BCUT2D eigenvalue weighted by Crippen LogP contribution is 2.37. The normalized spacial score (nSPS) is 27.5. The van der Waals surface area contributed by atoms with Gasteiger partial charge in [0, 0.05) is 37.4 Å². The first-order chi connectivity index (χ1) is 11.0. The summed E-state index contributed by atoms with van der Waals surface area (Å²) in [5, 5.41) is 0. The van der Waals surface area contributed by atoms with Crippen LogP contribution in [0, 0.1) is 18.8 Å². The lowest BCUT2D eigenvalue weighted by molar-refractivity contribution is 0.454. The Kier molecular flexibility index (Phi) is 3.61. The largest absolute Gasteiger partial charge is 0.356 e. The summed E-state index contributed by atoms with van der Waals surface area (Å²) in [5.74, 6) is 3.04. The third kappa shape index (κ3) is 2.54. The van der Waals surface area contributed by atoms with Crippen LogP contribution in [0.2, 0.25) is 0 Å². The lowest BCUT2D eigenvalue weighted by Crippen LogP contribution is -2.34. The Labute approximate surface area is 138 Å². The number of aryl methyl sites for hydroxylation is 2. The molecule has 4 rings (SSSR count). The van der Waals surface area contributed by atoms with E-state index in [0.717, 1.165) is 37.6 Å². The number of anilines is 1. The van der Waals surface area contributed by atoms with Gasteiger partial charge in [-0.25, -0.2) is 22.7 Å². The minimum absolute atomic E-state index is 0.203. The van der Waals surface area contributed by atoms with Gasteiger partial charge in [0.05, 0.1) is 5.75 Å². The summed E-state index contributed by atoms with van der Waals surface area (Å²) in [5.41, 5.74) is 2.55. The van der Waals surface area contributed by atoms with Gasteiger partial charge in [0.15, 0.2) is 0 Å². The van der Waals surface area contributed by atoms with Gasteiger partial charge in [-0.15, -0.1) is 0 Å². The highest BCUT2D eigenvalue weighted by Gasteiger charge is 2.44. The van der Waals surface area contributed by atoms with Crippen LogP contribution in [-0.4, -0.2) is 54.6 Å². The minimum Gasteiger partial charge on any atom is -0.356 e. The molecule has 1 aromatic heterocycles. The van der Waals surface area contributed by atoms with Gasteiger partial charge in [-0.3, -0.25) is 0 Å². The molecule has 2 unspecified atom stereocenters. The number of nitrogens with zero attached hydrogens (tertiary/aromatic N) is 4. The van der Waals surface area contributed by atoms with Crippen LogP contribution < -0.4 is 4.90 Å². The fraction of sp³-hybridized carbons (Fsp3) is 0.750. The molecular weight excluding hydrogens is 312 g/mol. The molecule has 0 spiro atoms. The number of sulfonamides is 1. The van der Waals surface area contributed by atoms with Crippen molar-refractivity contribution in [2.75, 3.05) is 36.8 Å². The van der Waals surface area contributed by atoms with Gasteiger partial charge in [-0.05, 0) is 44.9 Å². The zero-order valence-electron chi connectivity index (χ0n) is 13.8. The van der Waals surface area contributed by atoms with Crippen LogP contribution in [0.3, 0.4) is 0 Å². The number of rotatable bonds is 3. The van der Waals surface area contributed by atoms with E-state index in [-0.39, 0.29) is 5.75 Å². The molecule has 0 N–H and O–H groups in total. The van der Waals surface area contributed by atoms with Gasteiger partial charge in [0.1, 0.15) is 11.6 Å². The quantitative estimate of drug-likeness (QED) is 0.823. The van der Waals surface area contributed by atoms with E-state index >= 15 is 0 Å². The van der Waals surface area contributed by atoms with E-state index in [4.69, 9.17) is 4.98 Å². The molecule has 23 heavy (non-hydrogen) atoms. The second kappa shape index (κ2) is 5.41. The topological polar surface area (TPSA) is 66.4 Å². The van der Waals surface area contributed by atoms with E-state index in [1.807, 2.05) is 6.92 Å². The highest BCUT2D eigenvalue weighted by atomic mass is 32.2. The molecule has 0 aromatic carbocycles. The van der Waals surface area contributed by atoms with Crippen LogP contribution >= 0.6 is 0 Å². The Hall–Kier alpha value is -1.21. The van der Waals surface area contributed by atoms with Crippen LogP contribution in [0.1, 0.15) is 30.4 Å². The molecule has 0 bridgehead atoms. The van der Waals surface area contributed by atoms with Crippen LogP contribution in [0.25, 0.3) is 0 Å². The summed E-state index contributed by atoms with van der Waals surface area (Å²) in [6, 6.07) is 0. The highest BCUT2D eigenvalue weighted by molar-refractivity contribution is 7.89. The molecule has 3 heterocycles. The van der Waals surface area contributed by atoms with Crippen molar-refractivity contribution in [3.05, 3.63) is 17.1 Å². The molecule has 2 saturated heterocycles. The molecule has 2 atom stereocenters. The third-order valence-corrected chi connectivity index (χ3v) is 7.35. The monoisotopic (exact) mass is 336 g/mol. The summed E-state index contributed by atoms with van der Waals surface area (Å²) in [6.07, 6.45) is 3.31. The van der Waals surface area contributed by atoms with E-state index < -0.39 is 10.0 Å².